The van der Waals surface area contributed by atoms with Crippen LogP contribution in [0.5, 0.6) is 0 Å². The maximum atomic E-state index is 12.3. The van der Waals surface area contributed by atoms with Gasteiger partial charge in [-0.25, -0.2) is 4.79 Å². The van der Waals surface area contributed by atoms with Gasteiger partial charge in [0.05, 0.1) is 18.8 Å². The lowest BCUT2D eigenvalue weighted by atomic mass is 10.2. The fourth-order valence-electron chi connectivity index (χ4n) is 2.22. The van der Waals surface area contributed by atoms with Crippen molar-refractivity contribution in [3.63, 3.8) is 0 Å². The maximum Gasteiger partial charge on any atom is 0.335 e. The summed E-state index contributed by atoms with van der Waals surface area (Å²) in [4.78, 5) is 25.8. The fraction of sp³-hybridized carbons (Fsp3) is 0.733. The van der Waals surface area contributed by atoms with Gasteiger partial charge in [-0.15, -0.1) is 6.58 Å². The predicted octanol–water partition coefficient (Wildman–Crippen LogP) is 1.14. The lowest BCUT2D eigenvalue weighted by molar-refractivity contribution is -0.170. The highest BCUT2D eigenvalue weighted by atomic mass is 16.6. The van der Waals surface area contributed by atoms with Crippen LogP contribution in [0, 0.1) is 0 Å². The van der Waals surface area contributed by atoms with Gasteiger partial charge in [0.25, 0.3) is 5.91 Å². The lowest BCUT2D eigenvalue weighted by Crippen LogP contribution is -2.51. The zero-order valence-electron chi connectivity index (χ0n) is 13.2. The van der Waals surface area contributed by atoms with Crippen LogP contribution in [0.3, 0.4) is 0 Å². The molecule has 0 radical (unpaired) electrons. The summed E-state index contributed by atoms with van der Waals surface area (Å²) in [6.45, 7) is 11.8. The molecule has 1 saturated heterocycles. The number of esters is 1. The van der Waals surface area contributed by atoms with Gasteiger partial charge in [-0.3, -0.25) is 4.79 Å². The Morgan fingerprint density at radius 1 is 1.29 bits per heavy atom. The molecule has 21 heavy (non-hydrogen) atoms. The molecule has 0 N–H and O–H groups in total. The normalized spacial score (nSPS) is 25.0. The first kappa shape index (κ1) is 17.7. The Kier molecular flexibility index (Phi) is 6.84. The molecule has 120 valence electrons. The van der Waals surface area contributed by atoms with Gasteiger partial charge in [0.1, 0.15) is 0 Å². The van der Waals surface area contributed by atoms with Crippen molar-refractivity contribution < 1.29 is 23.8 Å². The SMILES string of the molecule is C=CCOC(C)C(=O)OC(C)C(=O)N1CC(C)OC(C)C1. The molecular formula is C15H25NO5. The smallest absolute Gasteiger partial charge is 0.335 e. The Morgan fingerprint density at radius 3 is 2.38 bits per heavy atom. The molecule has 1 rings (SSSR count). The molecule has 0 aromatic heterocycles. The number of rotatable bonds is 6. The Balaban J connectivity index is 2.50. The molecule has 1 heterocycles. The highest BCUT2D eigenvalue weighted by Gasteiger charge is 2.31. The molecular weight excluding hydrogens is 274 g/mol. The van der Waals surface area contributed by atoms with Gasteiger partial charge in [-0.2, -0.15) is 0 Å². The predicted molar refractivity (Wildman–Crippen MR) is 77.8 cm³/mol. The van der Waals surface area contributed by atoms with Crippen molar-refractivity contribution in [2.24, 2.45) is 0 Å². The summed E-state index contributed by atoms with van der Waals surface area (Å²) in [6.07, 6.45) is -0.0361. The second kappa shape index (κ2) is 8.14. The van der Waals surface area contributed by atoms with Crippen LogP contribution in [0.4, 0.5) is 0 Å². The van der Waals surface area contributed by atoms with Gasteiger partial charge in [-0.05, 0) is 27.7 Å². The molecule has 4 atom stereocenters. The number of carbonyl (C=O) groups is 2. The van der Waals surface area contributed by atoms with Crippen molar-refractivity contribution in [2.75, 3.05) is 19.7 Å². The van der Waals surface area contributed by atoms with Crippen LogP contribution in [-0.2, 0) is 23.8 Å². The maximum absolute atomic E-state index is 12.3. The molecule has 1 fully saturated rings. The van der Waals surface area contributed by atoms with E-state index >= 15 is 0 Å². The number of hydrogen-bond donors (Lipinski definition) is 0. The van der Waals surface area contributed by atoms with Crippen LogP contribution < -0.4 is 0 Å². The van der Waals surface area contributed by atoms with E-state index in [1.165, 1.54) is 0 Å². The number of nitrogens with zero attached hydrogens (tertiary/aromatic N) is 1. The molecule has 6 nitrogen and oxygen atoms in total. The van der Waals surface area contributed by atoms with Gasteiger partial charge in [0.2, 0.25) is 0 Å². The number of amides is 1. The third kappa shape index (κ3) is 5.47. The van der Waals surface area contributed by atoms with E-state index in [0.717, 1.165) is 0 Å². The van der Waals surface area contributed by atoms with Gasteiger partial charge in [-0.1, -0.05) is 6.08 Å². The number of morpholine rings is 1. The summed E-state index contributed by atoms with van der Waals surface area (Å²) in [6, 6.07) is 0. The van der Waals surface area contributed by atoms with Crippen molar-refractivity contribution in [2.45, 2.75) is 52.1 Å². The van der Waals surface area contributed by atoms with Crippen molar-refractivity contribution >= 4 is 11.9 Å². The van der Waals surface area contributed by atoms with E-state index in [-0.39, 0.29) is 24.7 Å². The quantitative estimate of drug-likeness (QED) is 0.544. The molecule has 0 spiro atoms. The summed E-state index contributed by atoms with van der Waals surface area (Å²) >= 11 is 0. The van der Waals surface area contributed by atoms with Gasteiger partial charge >= 0.3 is 5.97 Å². The Morgan fingerprint density at radius 2 is 1.86 bits per heavy atom. The zero-order chi connectivity index (χ0) is 16.0. The average Bonchev–Trinajstić information content (AvgIpc) is 2.42. The Bertz CT molecular complexity index is 374. The lowest BCUT2D eigenvalue weighted by Gasteiger charge is -2.36. The number of ether oxygens (including phenoxy) is 3. The summed E-state index contributed by atoms with van der Waals surface area (Å²) in [5.74, 6) is -0.756. The molecule has 6 heteroatoms. The summed E-state index contributed by atoms with van der Waals surface area (Å²) in [5, 5.41) is 0. The second-order valence-electron chi connectivity index (χ2n) is 5.34. The highest BCUT2D eigenvalue weighted by Crippen LogP contribution is 2.13. The largest absolute Gasteiger partial charge is 0.451 e. The summed E-state index contributed by atoms with van der Waals surface area (Å²) in [7, 11) is 0. The molecule has 0 bridgehead atoms. The van der Waals surface area contributed by atoms with E-state index in [9.17, 15) is 9.59 Å². The minimum absolute atomic E-state index is 0.0181. The zero-order valence-corrected chi connectivity index (χ0v) is 13.2. The monoisotopic (exact) mass is 299 g/mol. The summed E-state index contributed by atoms with van der Waals surface area (Å²) in [5.41, 5.74) is 0. The minimum atomic E-state index is -0.829. The van der Waals surface area contributed by atoms with Crippen LogP contribution in [-0.4, -0.2) is 60.9 Å². The molecule has 4 unspecified atom stereocenters. The van der Waals surface area contributed by atoms with Crippen LogP contribution in [0.15, 0.2) is 12.7 Å². The second-order valence-corrected chi connectivity index (χ2v) is 5.34. The number of hydrogen-bond acceptors (Lipinski definition) is 5. The van der Waals surface area contributed by atoms with E-state index < -0.39 is 18.2 Å². The highest BCUT2D eigenvalue weighted by molar-refractivity contribution is 5.84. The van der Waals surface area contributed by atoms with Crippen molar-refractivity contribution in [1.29, 1.82) is 0 Å². The first-order chi connectivity index (χ1) is 9.85. The van der Waals surface area contributed by atoms with Crippen LogP contribution in [0.2, 0.25) is 0 Å². The van der Waals surface area contributed by atoms with Crippen molar-refractivity contribution in [3.05, 3.63) is 12.7 Å². The first-order valence-electron chi connectivity index (χ1n) is 7.22. The van der Waals surface area contributed by atoms with Crippen LogP contribution >= 0.6 is 0 Å². The summed E-state index contributed by atoms with van der Waals surface area (Å²) < 4.78 is 15.9. The first-order valence-corrected chi connectivity index (χ1v) is 7.22. The van der Waals surface area contributed by atoms with Gasteiger partial charge < -0.3 is 19.1 Å². The van der Waals surface area contributed by atoms with Crippen LogP contribution in [0.25, 0.3) is 0 Å². The van der Waals surface area contributed by atoms with E-state index in [4.69, 9.17) is 14.2 Å². The van der Waals surface area contributed by atoms with E-state index in [2.05, 4.69) is 6.58 Å². The van der Waals surface area contributed by atoms with Crippen molar-refractivity contribution in [3.8, 4) is 0 Å². The minimum Gasteiger partial charge on any atom is -0.451 e. The molecule has 1 amide bonds. The molecule has 0 aromatic rings. The fourth-order valence-corrected chi connectivity index (χ4v) is 2.22. The molecule has 0 aromatic carbocycles. The molecule has 0 saturated carbocycles. The van der Waals surface area contributed by atoms with E-state index in [1.807, 2.05) is 13.8 Å². The molecule has 1 aliphatic rings. The third-order valence-corrected chi connectivity index (χ3v) is 3.17. The van der Waals surface area contributed by atoms with E-state index in [1.54, 1.807) is 24.8 Å². The van der Waals surface area contributed by atoms with Gasteiger partial charge in [0.15, 0.2) is 12.2 Å². The van der Waals surface area contributed by atoms with Crippen LogP contribution in [0.1, 0.15) is 27.7 Å². The third-order valence-electron chi connectivity index (χ3n) is 3.17. The molecule has 1 aliphatic heterocycles. The Hall–Kier alpha value is -1.40. The van der Waals surface area contributed by atoms with Crippen molar-refractivity contribution in [1.82, 2.24) is 4.90 Å². The molecule has 0 aliphatic carbocycles. The van der Waals surface area contributed by atoms with Gasteiger partial charge in [0, 0.05) is 13.1 Å². The topological polar surface area (TPSA) is 65.1 Å². The number of carbonyl (C=O) groups excluding carboxylic acids is 2. The standard InChI is InChI=1S/C15H25NO5/c1-6-7-19-13(5)15(18)21-12(4)14(17)16-8-10(2)20-11(3)9-16/h6,10-13H,1,7-9H2,2-5H3. The average molecular weight is 299 g/mol. The Labute approximate surface area is 126 Å². The van der Waals surface area contributed by atoms with E-state index in [0.29, 0.717) is 13.1 Å².